The fraction of sp³-hybridized carbons (Fsp3) is 0.259. The Morgan fingerprint density at radius 3 is 2.18 bits per heavy atom. The summed E-state index contributed by atoms with van der Waals surface area (Å²) < 4.78 is 0. The molecule has 7 heteroatoms. The quantitative estimate of drug-likeness (QED) is 0.359. The van der Waals surface area contributed by atoms with Gasteiger partial charge in [-0.2, -0.15) is 0 Å². The number of carbonyl (C=O) groups excluding carboxylic acids is 2. The van der Waals surface area contributed by atoms with Gasteiger partial charge in [0.25, 0.3) is 0 Å². The average molecular weight is 518 g/mol. The highest BCUT2D eigenvalue weighted by Crippen LogP contribution is 2.25. The fourth-order valence-electron chi connectivity index (χ4n) is 3.67. The first kappa shape index (κ1) is 26.1. The number of hydrogen-bond donors (Lipinski definition) is 1. The lowest BCUT2D eigenvalue weighted by molar-refractivity contribution is -0.141. The summed E-state index contributed by atoms with van der Waals surface area (Å²) in [5.41, 5.74) is 2.35. The van der Waals surface area contributed by atoms with E-state index < -0.39 is 6.04 Å². The zero-order valence-corrected chi connectivity index (χ0v) is 21.4. The van der Waals surface area contributed by atoms with Gasteiger partial charge in [0.1, 0.15) is 6.04 Å². The summed E-state index contributed by atoms with van der Waals surface area (Å²) in [5, 5.41) is 4.41. The van der Waals surface area contributed by atoms with Crippen LogP contribution in [0.15, 0.2) is 72.8 Å². The second kappa shape index (κ2) is 12.3. The van der Waals surface area contributed by atoms with Crippen molar-refractivity contribution < 1.29 is 9.59 Å². The molecule has 1 N–H and O–H groups in total. The molecule has 4 nitrogen and oxygen atoms in total. The third-order valence-corrected chi connectivity index (χ3v) is 6.31. The molecule has 0 saturated heterocycles. The van der Waals surface area contributed by atoms with Crippen LogP contribution in [-0.2, 0) is 29.0 Å². The Morgan fingerprint density at radius 2 is 1.53 bits per heavy atom. The van der Waals surface area contributed by atoms with Crippen molar-refractivity contribution in [3.8, 4) is 0 Å². The standard InChI is InChI=1S/C27H27Cl3N2O2/c1-18(2)31-27(34)25(14-19-8-4-3-5-9-19)32(17-21-12-13-22(28)16-24(21)30)26(33)15-20-10-6-7-11-23(20)29/h3-13,16,18,25H,14-15,17H2,1-2H3,(H,31,34). The minimum atomic E-state index is -0.744. The third-order valence-electron chi connectivity index (χ3n) is 5.36. The van der Waals surface area contributed by atoms with Crippen molar-refractivity contribution in [1.29, 1.82) is 0 Å². The van der Waals surface area contributed by atoms with E-state index in [0.717, 1.165) is 5.56 Å². The predicted octanol–water partition coefficient (Wildman–Crippen LogP) is 6.35. The summed E-state index contributed by atoms with van der Waals surface area (Å²) in [6.45, 7) is 3.94. The van der Waals surface area contributed by atoms with E-state index in [1.54, 1.807) is 29.2 Å². The maximum atomic E-state index is 13.7. The molecule has 3 aromatic carbocycles. The zero-order chi connectivity index (χ0) is 24.7. The molecule has 2 amide bonds. The van der Waals surface area contributed by atoms with Gasteiger partial charge in [-0.3, -0.25) is 9.59 Å². The molecule has 0 aliphatic heterocycles. The molecule has 0 radical (unpaired) electrons. The van der Waals surface area contributed by atoms with E-state index >= 15 is 0 Å². The predicted molar refractivity (Wildman–Crippen MR) is 139 cm³/mol. The van der Waals surface area contributed by atoms with Gasteiger partial charge in [0.05, 0.1) is 6.42 Å². The number of amides is 2. The van der Waals surface area contributed by atoms with Crippen molar-refractivity contribution in [2.75, 3.05) is 0 Å². The van der Waals surface area contributed by atoms with E-state index in [1.165, 1.54) is 0 Å². The van der Waals surface area contributed by atoms with Gasteiger partial charge in [-0.1, -0.05) is 89.4 Å². The second-order valence-electron chi connectivity index (χ2n) is 8.39. The number of hydrogen-bond acceptors (Lipinski definition) is 2. The van der Waals surface area contributed by atoms with Crippen LogP contribution in [0.4, 0.5) is 0 Å². The molecule has 3 aromatic rings. The van der Waals surface area contributed by atoms with E-state index in [0.29, 0.717) is 32.6 Å². The SMILES string of the molecule is CC(C)NC(=O)C(Cc1ccccc1)N(Cc1ccc(Cl)cc1Cl)C(=O)Cc1ccccc1Cl. The molecule has 1 atom stereocenters. The molecule has 1 unspecified atom stereocenters. The topological polar surface area (TPSA) is 49.4 Å². The Bertz CT molecular complexity index is 1140. The number of carbonyl (C=O) groups is 2. The fourth-order valence-corrected chi connectivity index (χ4v) is 4.35. The number of nitrogens with zero attached hydrogens (tertiary/aromatic N) is 1. The number of rotatable bonds is 9. The molecule has 34 heavy (non-hydrogen) atoms. The lowest BCUT2D eigenvalue weighted by Gasteiger charge is -2.32. The van der Waals surface area contributed by atoms with Gasteiger partial charge in [0.2, 0.25) is 11.8 Å². The minimum absolute atomic E-state index is 0.0606. The van der Waals surface area contributed by atoms with E-state index in [9.17, 15) is 9.59 Å². The monoisotopic (exact) mass is 516 g/mol. The van der Waals surface area contributed by atoms with E-state index in [1.807, 2.05) is 62.4 Å². The van der Waals surface area contributed by atoms with Crippen LogP contribution in [0.2, 0.25) is 15.1 Å². The summed E-state index contributed by atoms with van der Waals surface area (Å²) >= 11 is 18.9. The number of halogens is 3. The molecule has 0 spiro atoms. The maximum Gasteiger partial charge on any atom is 0.243 e. The molecular weight excluding hydrogens is 491 g/mol. The molecule has 0 saturated carbocycles. The maximum absolute atomic E-state index is 13.7. The summed E-state index contributed by atoms with van der Waals surface area (Å²) in [4.78, 5) is 28.6. The van der Waals surface area contributed by atoms with E-state index in [2.05, 4.69) is 5.32 Å². The van der Waals surface area contributed by atoms with Crippen molar-refractivity contribution in [3.63, 3.8) is 0 Å². The van der Waals surface area contributed by atoms with Crippen LogP contribution in [0.1, 0.15) is 30.5 Å². The van der Waals surface area contributed by atoms with Crippen molar-refractivity contribution in [2.45, 2.75) is 45.3 Å². The smallest absolute Gasteiger partial charge is 0.243 e. The highest BCUT2D eigenvalue weighted by Gasteiger charge is 2.31. The largest absolute Gasteiger partial charge is 0.352 e. The lowest BCUT2D eigenvalue weighted by Crippen LogP contribution is -2.52. The van der Waals surface area contributed by atoms with Gasteiger partial charge in [0, 0.05) is 34.1 Å². The second-order valence-corrected chi connectivity index (χ2v) is 9.65. The van der Waals surface area contributed by atoms with Crippen LogP contribution >= 0.6 is 34.8 Å². The minimum Gasteiger partial charge on any atom is -0.352 e. The van der Waals surface area contributed by atoms with Gasteiger partial charge in [-0.25, -0.2) is 0 Å². The Kier molecular flexibility index (Phi) is 9.40. The van der Waals surface area contributed by atoms with Crippen molar-refractivity contribution >= 4 is 46.6 Å². The van der Waals surface area contributed by atoms with Crippen LogP contribution in [0.3, 0.4) is 0 Å². The Balaban J connectivity index is 2.01. The Hall–Kier alpha value is -2.53. The summed E-state index contributed by atoms with van der Waals surface area (Å²) in [6.07, 6.45) is 0.421. The van der Waals surface area contributed by atoms with Crippen molar-refractivity contribution in [3.05, 3.63) is 105 Å². The van der Waals surface area contributed by atoms with Crippen LogP contribution in [0.5, 0.6) is 0 Å². The van der Waals surface area contributed by atoms with Crippen molar-refractivity contribution in [2.24, 2.45) is 0 Å². The Labute approximate surface area is 215 Å². The molecule has 0 heterocycles. The molecule has 0 bridgehead atoms. The van der Waals surface area contributed by atoms with Gasteiger partial charge in [-0.15, -0.1) is 0 Å². The summed E-state index contributed by atoms with van der Waals surface area (Å²) in [7, 11) is 0. The Morgan fingerprint density at radius 1 is 0.853 bits per heavy atom. The van der Waals surface area contributed by atoms with E-state index in [-0.39, 0.29) is 30.8 Å². The molecule has 0 fully saturated rings. The van der Waals surface area contributed by atoms with Crippen LogP contribution < -0.4 is 5.32 Å². The molecule has 178 valence electrons. The number of nitrogens with one attached hydrogen (secondary N) is 1. The van der Waals surface area contributed by atoms with Gasteiger partial charge >= 0.3 is 0 Å². The highest BCUT2D eigenvalue weighted by molar-refractivity contribution is 6.35. The van der Waals surface area contributed by atoms with Crippen LogP contribution in [0, 0.1) is 0 Å². The highest BCUT2D eigenvalue weighted by atomic mass is 35.5. The molecule has 0 aliphatic rings. The average Bonchev–Trinajstić information content (AvgIpc) is 2.79. The molecular formula is C27H27Cl3N2O2. The lowest BCUT2D eigenvalue weighted by atomic mass is 10.0. The molecule has 0 aliphatic carbocycles. The van der Waals surface area contributed by atoms with Crippen LogP contribution in [-0.4, -0.2) is 28.8 Å². The first-order valence-corrected chi connectivity index (χ1v) is 12.2. The van der Waals surface area contributed by atoms with Gasteiger partial charge < -0.3 is 10.2 Å². The third kappa shape index (κ3) is 7.23. The normalized spacial score (nSPS) is 11.8. The van der Waals surface area contributed by atoms with Gasteiger partial charge in [0.15, 0.2) is 0 Å². The first-order chi connectivity index (χ1) is 16.2. The summed E-state index contributed by atoms with van der Waals surface area (Å²) in [5.74, 6) is -0.449. The van der Waals surface area contributed by atoms with Gasteiger partial charge in [-0.05, 0) is 48.7 Å². The van der Waals surface area contributed by atoms with Crippen molar-refractivity contribution in [1.82, 2.24) is 10.2 Å². The zero-order valence-electron chi connectivity index (χ0n) is 19.1. The first-order valence-electron chi connectivity index (χ1n) is 11.1. The summed E-state index contributed by atoms with van der Waals surface area (Å²) in [6, 6.07) is 21.2. The molecule has 0 aromatic heterocycles. The number of benzene rings is 3. The van der Waals surface area contributed by atoms with Crippen LogP contribution in [0.25, 0.3) is 0 Å². The molecule has 3 rings (SSSR count). The van der Waals surface area contributed by atoms with E-state index in [4.69, 9.17) is 34.8 Å².